The van der Waals surface area contributed by atoms with Crippen molar-refractivity contribution in [1.29, 1.82) is 0 Å². The third-order valence-corrected chi connectivity index (χ3v) is 13.5. The Labute approximate surface area is 399 Å². The maximum atomic E-state index is 12.8. The molecule has 0 spiro atoms. The number of hydrogen-bond acceptors (Lipinski definition) is 6. The van der Waals surface area contributed by atoms with Gasteiger partial charge in [-0.15, -0.1) is 0 Å². The van der Waals surface area contributed by atoms with Gasteiger partial charge in [-0.1, -0.05) is 279 Å². The summed E-state index contributed by atoms with van der Waals surface area (Å²) in [6.45, 7) is 13.7. The molecule has 0 aliphatic rings. The first-order chi connectivity index (χ1) is 31.1. The van der Waals surface area contributed by atoms with Crippen LogP contribution in [0.2, 0.25) is 0 Å². The van der Waals surface area contributed by atoms with Crippen LogP contribution in [0.25, 0.3) is 0 Å². The molecule has 1 unspecified atom stereocenters. The van der Waals surface area contributed by atoms with Crippen molar-refractivity contribution in [3.05, 3.63) is 0 Å². The van der Waals surface area contributed by atoms with E-state index in [2.05, 4.69) is 41.5 Å². The van der Waals surface area contributed by atoms with E-state index in [0.29, 0.717) is 19.3 Å². The molecule has 0 aromatic rings. The van der Waals surface area contributed by atoms with Gasteiger partial charge in [-0.3, -0.25) is 14.4 Å². The Hall–Kier alpha value is -1.59. The fraction of sp³-hybridized carbons (Fsp3) is 0.948. The molecule has 0 aromatic heterocycles. The van der Waals surface area contributed by atoms with Gasteiger partial charge >= 0.3 is 17.9 Å². The van der Waals surface area contributed by atoms with Crippen molar-refractivity contribution in [3.8, 4) is 0 Å². The number of carbonyl (C=O) groups excluding carboxylic acids is 3. The third kappa shape index (κ3) is 49.8. The van der Waals surface area contributed by atoms with Crippen molar-refractivity contribution >= 4 is 17.9 Å². The smallest absolute Gasteiger partial charge is 0.306 e. The van der Waals surface area contributed by atoms with Gasteiger partial charge in [0.25, 0.3) is 0 Å². The van der Waals surface area contributed by atoms with Gasteiger partial charge in [0.1, 0.15) is 13.2 Å². The van der Waals surface area contributed by atoms with E-state index >= 15 is 0 Å². The number of unbranched alkanes of at least 4 members (excludes halogenated alkanes) is 33. The molecule has 6 heteroatoms. The molecule has 0 amide bonds. The van der Waals surface area contributed by atoms with Crippen LogP contribution in [0.3, 0.4) is 0 Å². The fourth-order valence-electron chi connectivity index (χ4n) is 8.79. The summed E-state index contributed by atoms with van der Waals surface area (Å²) in [7, 11) is 0. The highest BCUT2D eigenvalue weighted by Gasteiger charge is 2.19. The molecule has 0 saturated carbocycles. The van der Waals surface area contributed by atoms with E-state index in [4.69, 9.17) is 14.2 Å². The molecule has 0 aromatic carbocycles. The molecule has 0 N–H and O–H groups in total. The van der Waals surface area contributed by atoms with Crippen LogP contribution in [0.5, 0.6) is 0 Å². The lowest BCUT2D eigenvalue weighted by Gasteiger charge is -2.18. The molecule has 2 atom stereocenters. The molecule has 0 fully saturated rings. The number of hydrogen-bond donors (Lipinski definition) is 0. The summed E-state index contributed by atoms with van der Waals surface area (Å²) >= 11 is 0. The van der Waals surface area contributed by atoms with Crippen LogP contribution in [0.4, 0.5) is 0 Å². The highest BCUT2D eigenvalue weighted by molar-refractivity contribution is 5.71. The second-order valence-corrected chi connectivity index (χ2v) is 21.1. The third-order valence-electron chi connectivity index (χ3n) is 13.5. The molecule has 0 saturated heterocycles. The Morgan fingerprint density at radius 3 is 0.812 bits per heavy atom. The Morgan fingerprint density at radius 2 is 0.547 bits per heavy atom. The van der Waals surface area contributed by atoms with E-state index in [1.165, 1.54) is 199 Å². The van der Waals surface area contributed by atoms with Gasteiger partial charge in [0.2, 0.25) is 0 Å². The minimum absolute atomic E-state index is 0.0646. The Balaban J connectivity index is 4.20. The molecular weight excluding hydrogens is 793 g/mol. The van der Waals surface area contributed by atoms with Crippen molar-refractivity contribution in [2.24, 2.45) is 17.8 Å². The van der Waals surface area contributed by atoms with E-state index in [1.807, 2.05) is 0 Å². The Kier molecular flexibility index (Phi) is 48.1. The number of carbonyl (C=O) groups is 3. The van der Waals surface area contributed by atoms with Gasteiger partial charge in [-0.25, -0.2) is 0 Å². The van der Waals surface area contributed by atoms with E-state index in [0.717, 1.165) is 75.5 Å². The van der Waals surface area contributed by atoms with Crippen molar-refractivity contribution in [2.45, 2.75) is 324 Å². The summed E-state index contributed by atoms with van der Waals surface area (Å²) in [5.74, 6) is 1.65. The predicted octanol–water partition coefficient (Wildman–Crippen LogP) is 18.7. The van der Waals surface area contributed by atoms with Gasteiger partial charge in [0.15, 0.2) is 6.10 Å². The molecule has 6 nitrogen and oxygen atoms in total. The van der Waals surface area contributed by atoms with E-state index in [1.54, 1.807) is 0 Å². The predicted molar refractivity (Wildman–Crippen MR) is 275 cm³/mol. The van der Waals surface area contributed by atoms with Crippen LogP contribution in [0, 0.1) is 17.8 Å². The molecule has 64 heavy (non-hydrogen) atoms. The van der Waals surface area contributed by atoms with Crippen LogP contribution in [0.1, 0.15) is 318 Å². The summed E-state index contributed by atoms with van der Waals surface area (Å²) in [4.78, 5) is 38.0. The highest BCUT2D eigenvalue weighted by Crippen LogP contribution is 2.19. The first-order valence-corrected chi connectivity index (χ1v) is 28.6. The normalized spacial score (nSPS) is 12.6. The topological polar surface area (TPSA) is 78.9 Å². The minimum Gasteiger partial charge on any atom is -0.462 e. The average Bonchev–Trinajstić information content (AvgIpc) is 3.27. The molecular formula is C58H112O6. The van der Waals surface area contributed by atoms with Gasteiger partial charge in [0, 0.05) is 19.3 Å². The lowest BCUT2D eigenvalue weighted by atomic mass is 10.00. The molecule has 0 heterocycles. The summed E-state index contributed by atoms with van der Waals surface area (Å²) in [5, 5.41) is 0. The maximum Gasteiger partial charge on any atom is 0.306 e. The SMILES string of the molecule is CCC(C)CCCCCCCCC(=O)O[C@@H](COC(=O)CCCCCCCCCCCCCCCCCCCCC(C)C)COC(=O)CCCCCCCCCCCCCCC(C)C. The van der Waals surface area contributed by atoms with Crippen LogP contribution >= 0.6 is 0 Å². The minimum atomic E-state index is -0.764. The Morgan fingerprint density at radius 1 is 0.312 bits per heavy atom. The van der Waals surface area contributed by atoms with Gasteiger partial charge in [-0.05, 0) is 37.0 Å². The standard InChI is InChI=1S/C58H112O6/c1-7-54(6)46-40-34-30-31-37-43-49-58(61)64-55(51-63-57(60)48-42-36-29-25-21-17-16-19-23-27-33-39-45-53(4)5)50-62-56(59)47-41-35-28-24-20-15-13-11-9-8-10-12-14-18-22-26-32-38-44-52(2)3/h52-55H,7-51H2,1-6H3/t54?,55-/m0/s1. The van der Waals surface area contributed by atoms with Crippen LogP contribution < -0.4 is 0 Å². The molecule has 0 bridgehead atoms. The fourth-order valence-corrected chi connectivity index (χ4v) is 8.79. The Bertz CT molecular complexity index is 993. The van der Waals surface area contributed by atoms with E-state index in [9.17, 15) is 14.4 Å². The zero-order valence-corrected chi connectivity index (χ0v) is 44.1. The second kappa shape index (κ2) is 49.3. The molecule has 380 valence electrons. The number of esters is 3. The van der Waals surface area contributed by atoms with Crippen molar-refractivity contribution in [2.75, 3.05) is 13.2 Å². The van der Waals surface area contributed by atoms with Crippen molar-refractivity contribution in [3.63, 3.8) is 0 Å². The van der Waals surface area contributed by atoms with Gasteiger partial charge in [0.05, 0.1) is 0 Å². The number of rotatable bonds is 51. The summed E-state index contributed by atoms with van der Waals surface area (Å²) < 4.78 is 16.9. The molecule has 0 aliphatic heterocycles. The second-order valence-electron chi connectivity index (χ2n) is 21.1. The first kappa shape index (κ1) is 62.4. The van der Waals surface area contributed by atoms with Crippen LogP contribution in [-0.2, 0) is 28.6 Å². The van der Waals surface area contributed by atoms with Crippen LogP contribution in [-0.4, -0.2) is 37.2 Å². The quantitative estimate of drug-likeness (QED) is 0.0344. The molecule has 0 aliphatic carbocycles. The maximum absolute atomic E-state index is 12.8. The highest BCUT2D eigenvalue weighted by atomic mass is 16.6. The lowest BCUT2D eigenvalue weighted by molar-refractivity contribution is -0.167. The summed E-state index contributed by atoms with van der Waals surface area (Å²) in [5.41, 5.74) is 0. The molecule has 0 rings (SSSR count). The average molecular weight is 906 g/mol. The van der Waals surface area contributed by atoms with E-state index < -0.39 is 6.10 Å². The van der Waals surface area contributed by atoms with Gasteiger partial charge in [-0.2, -0.15) is 0 Å². The van der Waals surface area contributed by atoms with Gasteiger partial charge < -0.3 is 14.2 Å². The zero-order chi connectivity index (χ0) is 47.0. The van der Waals surface area contributed by atoms with Crippen LogP contribution in [0.15, 0.2) is 0 Å². The van der Waals surface area contributed by atoms with E-state index in [-0.39, 0.29) is 31.1 Å². The number of ether oxygens (including phenoxy) is 3. The van der Waals surface area contributed by atoms with Crippen molar-refractivity contribution < 1.29 is 28.6 Å². The largest absolute Gasteiger partial charge is 0.462 e. The lowest BCUT2D eigenvalue weighted by Crippen LogP contribution is -2.30. The first-order valence-electron chi connectivity index (χ1n) is 28.6. The summed E-state index contributed by atoms with van der Waals surface area (Å²) in [6.07, 6.45) is 51.0. The monoisotopic (exact) mass is 905 g/mol. The van der Waals surface area contributed by atoms with Crippen molar-refractivity contribution in [1.82, 2.24) is 0 Å². The summed E-state index contributed by atoms with van der Waals surface area (Å²) in [6, 6.07) is 0. The zero-order valence-electron chi connectivity index (χ0n) is 44.1. The molecule has 0 radical (unpaired) electrons.